The minimum atomic E-state index is -3.60. The van der Waals surface area contributed by atoms with E-state index in [-0.39, 0.29) is 30.5 Å². The van der Waals surface area contributed by atoms with E-state index in [0.29, 0.717) is 17.0 Å². The molecule has 3 rings (SSSR count). The van der Waals surface area contributed by atoms with Gasteiger partial charge >= 0.3 is 0 Å². The summed E-state index contributed by atoms with van der Waals surface area (Å²) in [6.07, 6.45) is 1.63. The molecule has 0 aliphatic carbocycles. The second-order valence-corrected chi connectivity index (χ2v) is 7.99. The van der Waals surface area contributed by atoms with Gasteiger partial charge in [-0.15, -0.1) is 10.2 Å². The Labute approximate surface area is 151 Å². The van der Waals surface area contributed by atoms with Gasteiger partial charge in [-0.25, -0.2) is 13.1 Å². The van der Waals surface area contributed by atoms with Crippen molar-refractivity contribution in [3.8, 4) is 0 Å². The van der Waals surface area contributed by atoms with Crippen LogP contribution < -0.4 is 4.72 Å². The maximum Gasteiger partial charge on any atom is 0.261 e. The average Bonchev–Trinajstić information content (AvgIpc) is 3.12. The molecule has 2 amide bonds. The Hall–Kier alpha value is -2.59. The molecule has 10 heteroatoms. The monoisotopic (exact) mass is 377 g/mol. The van der Waals surface area contributed by atoms with E-state index in [1.54, 1.807) is 42.8 Å². The summed E-state index contributed by atoms with van der Waals surface area (Å²) in [5, 5.41) is 7.59. The molecular formula is C16H19N5O4S. The second kappa shape index (κ2) is 6.96. The third-order valence-electron chi connectivity index (χ3n) is 4.16. The lowest BCUT2D eigenvalue weighted by Gasteiger charge is -2.16. The first-order valence-electron chi connectivity index (χ1n) is 8.09. The number of nitrogens with zero attached hydrogens (tertiary/aromatic N) is 4. The Balaban J connectivity index is 1.57. The fraction of sp³-hybridized carbons (Fsp3) is 0.375. The smallest absolute Gasteiger partial charge is 0.261 e. The normalized spacial score (nSPS) is 15.4. The summed E-state index contributed by atoms with van der Waals surface area (Å²) in [5.74, 6) is -0.483. The Kier molecular flexibility index (Phi) is 4.88. The van der Waals surface area contributed by atoms with Crippen LogP contribution in [0.5, 0.6) is 0 Å². The molecule has 0 spiro atoms. The topological polar surface area (TPSA) is 114 Å². The first-order valence-corrected chi connectivity index (χ1v) is 9.74. The molecule has 138 valence electrons. The molecule has 1 aromatic carbocycles. The average molecular weight is 377 g/mol. The number of imide groups is 1. The minimum absolute atomic E-state index is 0.0472. The summed E-state index contributed by atoms with van der Waals surface area (Å²) in [5.41, 5.74) is 0.712. The van der Waals surface area contributed by atoms with Gasteiger partial charge < -0.3 is 4.57 Å². The van der Waals surface area contributed by atoms with Gasteiger partial charge in [0.2, 0.25) is 10.0 Å². The molecule has 1 aliphatic rings. The lowest BCUT2D eigenvalue weighted by Crippen LogP contribution is -2.34. The summed E-state index contributed by atoms with van der Waals surface area (Å²) >= 11 is 0. The first kappa shape index (κ1) is 18.2. The van der Waals surface area contributed by atoms with Crippen LogP contribution in [-0.4, -0.2) is 52.2 Å². The van der Waals surface area contributed by atoms with Crippen molar-refractivity contribution in [1.82, 2.24) is 24.4 Å². The lowest BCUT2D eigenvalue weighted by atomic mass is 10.1. The van der Waals surface area contributed by atoms with Crippen LogP contribution >= 0.6 is 0 Å². The Morgan fingerprint density at radius 2 is 1.77 bits per heavy atom. The van der Waals surface area contributed by atoms with E-state index in [9.17, 15) is 18.0 Å². The summed E-state index contributed by atoms with van der Waals surface area (Å²) in [6, 6.07) is 6.03. The Morgan fingerprint density at radius 3 is 2.31 bits per heavy atom. The number of amides is 2. The number of carbonyl (C=O) groups is 2. The van der Waals surface area contributed by atoms with Gasteiger partial charge in [-0.2, -0.15) is 0 Å². The molecule has 0 radical (unpaired) electrons. The van der Waals surface area contributed by atoms with Crippen LogP contribution in [0.4, 0.5) is 0 Å². The van der Waals surface area contributed by atoms with Crippen molar-refractivity contribution in [2.24, 2.45) is 7.05 Å². The molecule has 0 bridgehead atoms. The van der Waals surface area contributed by atoms with E-state index >= 15 is 0 Å². The number of nitrogens with one attached hydrogen (secondary N) is 1. The SMILES string of the molecule is CC(NS(=O)(=O)CCCN1C(=O)c2ccccc2C1=O)c1nncn1C. The van der Waals surface area contributed by atoms with Gasteiger partial charge in [-0.3, -0.25) is 14.5 Å². The number of aryl methyl sites for hydroxylation is 1. The van der Waals surface area contributed by atoms with Crippen LogP contribution in [-0.2, 0) is 17.1 Å². The van der Waals surface area contributed by atoms with Gasteiger partial charge in [0.15, 0.2) is 0 Å². The van der Waals surface area contributed by atoms with E-state index in [4.69, 9.17) is 0 Å². The zero-order valence-electron chi connectivity index (χ0n) is 14.4. The summed E-state index contributed by atoms with van der Waals surface area (Å²) < 4.78 is 28.6. The number of rotatable bonds is 7. The van der Waals surface area contributed by atoms with Crippen LogP contribution in [0.3, 0.4) is 0 Å². The van der Waals surface area contributed by atoms with E-state index < -0.39 is 16.1 Å². The largest absolute Gasteiger partial charge is 0.319 e. The molecule has 1 unspecified atom stereocenters. The zero-order chi connectivity index (χ0) is 18.9. The van der Waals surface area contributed by atoms with Crippen molar-refractivity contribution in [2.45, 2.75) is 19.4 Å². The molecule has 9 nitrogen and oxygen atoms in total. The maximum atomic E-state index is 12.3. The van der Waals surface area contributed by atoms with Crippen molar-refractivity contribution in [1.29, 1.82) is 0 Å². The lowest BCUT2D eigenvalue weighted by molar-refractivity contribution is 0.0654. The third kappa shape index (κ3) is 3.51. The van der Waals surface area contributed by atoms with Gasteiger partial charge in [0.05, 0.1) is 22.9 Å². The molecule has 0 fully saturated rings. The number of hydrogen-bond acceptors (Lipinski definition) is 6. The highest BCUT2D eigenvalue weighted by molar-refractivity contribution is 7.89. The molecule has 0 saturated heterocycles. The number of hydrogen-bond donors (Lipinski definition) is 1. The van der Waals surface area contributed by atoms with E-state index in [0.717, 1.165) is 4.90 Å². The number of sulfonamides is 1. The zero-order valence-corrected chi connectivity index (χ0v) is 15.2. The predicted octanol–water partition coefficient (Wildman–Crippen LogP) is 0.482. The van der Waals surface area contributed by atoms with E-state index in [1.807, 2.05) is 0 Å². The van der Waals surface area contributed by atoms with Gasteiger partial charge in [-0.1, -0.05) is 12.1 Å². The van der Waals surface area contributed by atoms with Gasteiger partial charge in [0.1, 0.15) is 12.2 Å². The van der Waals surface area contributed by atoms with Crippen LogP contribution in [0.25, 0.3) is 0 Å². The van der Waals surface area contributed by atoms with Crippen molar-refractivity contribution in [3.63, 3.8) is 0 Å². The first-order chi connectivity index (χ1) is 12.3. The standard InChI is InChI=1S/C16H19N5O4S/c1-11(14-18-17-10-20(14)2)19-26(24,25)9-5-8-21-15(22)12-6-3-4-7-13(12)16(21)23/h3-4,6-7,10-11,19H,5,8-9H2,1-2H3. The molecule has 0 saturated carbocycles. The maximum absolute atomic E-state index is 12.3. The molecule has 26 heavy (non-hydrogen) atoms. The highest BCUT2D eigenvalue weighted by Crippen LogP contribution is 2.22. The molecule has 1 N–H and O–H groups in total. The molecular weight excluding hydrogens is 358 g/mol. The van der Waals surface area contributed by atoms with Crippen LogP contribution in [0.1, 0.15) is 45.9 Å². The van der Waals surface area contributed by atoms with Gasteiger partial charge in [0.25, 0.3) is 11.8 Å². The third-order valence-corrected chi connectivity index (χ3v) is 5.70. The number of carbonyl (C=O) groups excluding carboxylic acids is 2. The molecule has 2 heterocycles. The van der Waals surface area contributed by atoms with Crippen molar-refractivity contribution in [3.05, 3.63) is 47.5 Å². The molecule has 1 aromatic heterocycles. The van der Waals surface area contributed by atoms with Crippen molar-refractivity contribution >= 4 is 21.8 Å². The van der Waals surface area contributed by atoms with Gasteiger partial charge in [0, 0.05) is 13.6 Å². The Morgan fingerprint density at radius 1 is 1.15 bits per heavy atom. The summed E-state index contributed by atoms with van der Waals surface area (Å²) in [4.78, 5) is 25.6. The number of benzene rings is 1. The predicted molar refractivity (Wildman–Crippen MR) is 92.8 cm³/mol. The molecule has 2 aromatic rings. The highest BCUT2D eigenvalue weighted by atomic mass is 32.2. The van der Waals surface area contributed by atoms with Crippen LogP contribution in [0.15, 0.2) is 30.6 Å². The summed E-state index contributed by atoms with van der Waals surface area (Å²) in [7, 11) is -1.87. The summed E-state index contributed by atoms with van der Waals surface area (Å²) in [6.45, 7) is 1.72. The number of aromatic nitrogens is 3. The molecule has 1 atom stereocenters. The number of fused-ring (bicyclic) bond motifs is 1. The van der Waals surface area contributed by atoms with E-state index in [2.05, 4.69) is 14.9 Å². The van der Waals surface area contributed by atoms with Crippen LogP contribution in [0.2, 0.25) is 0 Å². The quantitative estimate of drug-likeness (QED) is 0.702. The van der Waals surface area contributed by atoms with Gasteiger partial charge in [-0.05, 0) is 25.5 Å². The van der Waals surface area contributed by atoms with E-state index in [1.165, 1.54) is 6.33 Å². The highest BCUT2D eigenvalue weighted by Gasteiger charge is 2.34. The molecule has 1 aliphatic heterocycles. The fourth-order valence-electron chi connectivity index (χ4n) is 2.92. The Bertz CT molecular complexity index is 918. The second-order valence-electron chi connectivity index (χ2n) is 6.12. The van der Waals surface area contributed by atoms with Crippen LogP contribution in [0, 0.1) is 0 Å². The minimum Gasteiger partial charge on any atom is -0.319 e. The fourth-order valence-corrected chi connectivity index (χ4v) is 4.19. The van der Waals surface area contributed by atoms with Crippen molar-refractivity contribution in [2.75, 3.05) is 12.3 Å². The van der Waals surface area contributed by atoms with Crippen molar-refractivity contribution < 1.29 is 18.0 Å².